The maximum atomic E-state index is 12.6. The molecule has 27 heavy (non-hydrogen) atoms. The highest BCUT2D eigenvalue weighted by Crippen LogP contribution is 2.30. The molecule has 0 aliphatic rings. The highest BCUT2D eigenvalue weighted by atomic mass is 35.5. The van der Waals surface area contributed by atoms with Crippen molar-refractivity contribution in [3.63, 3.8) is 0 Å². The Hall–Kier alpha value is -3.15. The first-order valence-electron chi connectivity index (χ1n) is 7.63. The molecule has 0 spiro atoms. The second kappa shape index (κ2) is 7.61. The van der Waals surface area contributed by atoms with Gasteiger partial charge in [-0.2, -0.15) is 15.0 Å². The molecule has 134 valence electrons. The lowest BCUT2D eigenvalue weighted by atomic mass is 10.2. The van der Waals surface area contributed by atoms with E-state index in [1.54, 1.807) is 31.2 Å². The lowest BCUT2D eigenvalue weighted by Gasteiger charge is -2.11. The Bertz CT molecular complexity index is 1140. The van der Waals surface area contributed by atoms with E-state index in [4.69, 9.17) is 11.6 Å². The Kier molecular flexibility index (Phi) is 5.26. The van der Waals surface area contributed by atoms with Gasteiger partial charge in [0.05, 0.1) is 10.6 Å². The summed E-state index contributed by atoms with van der Waals surface area (Å²) < 4.78 is 1.01. The van der Waals surface area contributed by atoms with Gasteiger partial charge in [0.25, 0.3) is 11.2 Å². The average Bonchev–Trinajstić information content (AvgIpc) is 2.66. The molecule has 0 fully saturated rings. The van der Waals surface area contributed by atoms with E-state index in [0.29, 0.717) is 15.6 Å². The number of non-ortho nitro benzene ring substituents is 1. The van der Waals surface area contributed by atoms with Crippen molar-refractivity contribution in [2.75, 3.05) is 0 Å². The van der Waals surface area contributed by atoms with E-state index in [1.807, 2.05) is 6.07 Å². The first-order valence-corrected chi connectivity index (χ1v) is 8.82. The monoisotopic (exact) mass is 398 g/mol. The fourth-order valence-electron chi connectivity index (χ4n) is 2.34. The van der Waals surface area contributed by atoms with Crippen molar-refractivity contribution in [1.82, 2.24) is 9.78 Å². The van der Waals surface area contributed by atoms with Gasteiger partial charge in [0, 0.05) is 27.6 Å². The molecule has 3 rings (SSSR count). The number of nitriles is 1. The summed E-state index contributed by atoms with van der Waals surface area (Å²) in [6, 6.07) is 14.5. The van der Waals surface area contributed by atoms with Crippen molar-refractivity contribution in [2.45, 2.75) is 16.8 Å². The van der Waals surface area contributed by atoms with Gasteiger partial charge in [-0.1, -0.05) is 29.4 Å². The lowest BCUT2D eigenvalue weighted by Crippen LogP contribution is -2.25. The summed E-state index contributed by atoms with van der Waals surface area (Å²) in [7, 11) is 0. The molecule has 1 heterocycles. The number of benzene rings is 2. The molecule has 0 saturated carbocycles. The SMILES string of the molecule is Cc1c(Sc2ccc(Cl)cc2)nn(-c2cccc([N+](=O)[O-])c2)c(=O)c1C#N. The zero-order valence-corrected chi connectivity index (χ0v) is 15.5. The summed E-state index contributed by atoms with van der Waals surface area (Å²) in [6.45, 7) is 1.64. The summed E-state index contributed by atoms with van der Waals surface area (Å²) in [6.07, 6.45) is 0. The number of rotatable bonds is 4. The zero-order chi connectivity index (χ0) is 19.6. The maximum absolute atomic E-state index is 12.6. The molecule has 0 aliphatic heterocycles. The van der Waals surface area contributed by atoms with Crippen LogP contribution in [0.25, 0.3) is 5.69 Å². The molecular weight excluding hydrogens is 388 g/mol. The standard InChI is InChI=1S/C18H11ClN4O3S/c1-11-16(10-20)18(24)22(13-3-2-4-14(9-13)23(25)26)21-17(11)27-15-7-5-12(19)6-8-15/h2-9H,1H3. The Balaban J connectivity index is 2.16. The van der Waals surface area contributed by atoms with Gasteiger partial charge in [-0.25, -0.2) is 0 Å². The smallest absolute Gasteiger partial charge is 0.266 e. The van der Waals surface area contributed by atoms with Crippen molar-refractivity contribution in [3.05, 3.63) is 85.1 Å². The number of halogens is 1. The molecule has 9 heteroatoms. The molecule has 0 N–H and O–H groups in total. The summed E-state index contributed by atoms with van der Waals surface area (Å²) in [5.74, 6) is 0. The van der Waals surface area contributed by atoms with Crippen molar-refractivity contribution < 1.29 is 4.92 Å². The van der Waals surface area contributed by atoms with E-state index in [2.05, 4.69) is 5.10 Å². The molecular formula is C18H11ClN4O3S. The van der Waals surface area contributed by atoms with E-state index < -0.39 is 10.5 Å². The Labute approximate surface area is 163 Å². The third kappa shape index (κ3) is 3.84. The molecule has 0 aliphatic carbocycles. The van der Waals surface area contributed by atoms with Gasteiger partial charge in [-0.15, -0.1) is 0 Å². The van der Waals surface area contributed by atoms with Gasteiger partial charge in [-0.05, 0) is 37.3 Å². The van der Waals surface area contributed by atoms with Crippen molar-refractivity contribution in [1.29, 1.82) is 5.26 Å². The van der Waals surface area contributed by atoms with Gasteiger partial charge in [0.2, 0.25) is 0 Å². The van der Waals surface area contributed by atoms with E-state index >= 15 is 0 Å². The normalized spacial score (nSPS) is 10.4. The first kappa shape index (κ1) is 18.6. The van der Waals surface area contributed by atoms with Crippen LogP contribution in [0.2, 0.25) is 5.02 Å². The van der Waals surface area contributed by atoms with Crippen LogP contribution >= 0.6 is 23.4 Å². The largest absolute Gasteiger partial charge is 0.289 e. The van der Waals surface area contributed by atoms with Gasteiger partial charge in [0.1, 0.15) is 16.7 Å². The van der Waals surface area contributed by atoms with Crippen LogP contribution in [0.5, 0.6) is 0 Å². The first-order chi connectivity index (χ1) is 12.9. The van der Waals surface area contributed by atoms with E-state index in [0.717, 1.165) is 9.58 Å². The van der Waals surface area contributed by atoms with Crippen LogP contribution in [0.15, 0.2) is 63.2 Å². The lowest BCUT2D eigenvalue weighted by molar-refractivity contribution is -0.384. The van der Waals surface area contributed by atoms with E-state index in [1.165, 1.54) is 36.0 Å². The predicted octanol–water partition coefficient (Wildman–Crippen LogP) is 4.13. The molecule has 0 bridgehead atoms. The van der Waals surface area contributed by atoms with Crippen molar-refractivity contribution in [3.8, 4) is 11.8 Å². The summed E-state index contributed by atoms with van der Waals surface area (Å²) in [5, 5.41) is 25.8. The van der Waals surface area contributed by atoms with Gasteiger partial charge < -0.3 is 0 Å². The minimum Gasteiger partial charge on any atom is -0.266 e. The summed E-state index contributed by atoms with van der Waals surface area (Å²) >= 11 is 7.16. The molecule has 3 aromatic rings. The second-order valence-electron chi connectivity index (χ2n) is 5.47. The van der Waals surface area contributed by atoms with Gasteiger partial charge in [0.15, 0.2) is 0 Å². The molecule has 1 aromatic heterocycles. The number of nitro groups is 1. The third-order valence-electron chi connectivity index (χ3n) is 3.72. The second-order valence-corrected chi connectivity index (χ2v) is 6.97. The number of aromatic nitrogens is 2. The molecule has 0 atom stereocenters. The fourth-order valence-corrected chi connectivity index (χ4v) is 3.34. The highest BCUT2D eigenvalue weighted by molar-refractivity contribution is 7.99. The number of nitro benzene ring substituents is 1. The zero-order valence-electron chi connectivity index (χ0n) is 13.9. The van der Waals surface area contributed by atoms with Crippen LogP contribution in [-0.2, 0) is 0 Å². The maximum Gasteiger partial charge on any atom is 0.289 e. The minimum atomic E-state index is -0.629. The van der Waals surface area contributed by atoms with E-state index in [-0.39, 0.29) is 16.9 Å². The number of hydrogen-bond donors (Lipinski definition) is 0. The molecule has 7 nitrogen and oxygen atoms in total. The molecule has 0 saturated heterocycles. The van der Waals surface area contributed by atoms with Gasteiger partial charge >= 0.3 is 0 Å². The third-order valence-corrected chi connectivity index (χ3v) is 5.06. The van der Waals surface area contributed by atoms with Crippen LogP contribution in [-0.4, -0.2) is 14.7 Å². The molecule has 0 radical (unpaired) electrons. The quantitative estimate of drug-likeness (QED) is 0.483. The molecule has 2 aromatic carbocycles. The Morgan fingerprint density at radius 3 is 2.59 bits per heavy atom. The highest BCUT2D eigenvalue weighted by Gasteiger charge is 2.17. The van der Waals surface area contributed by atoms with Crippen LogP contribution in [0.1, 0.15) is 11.1 Å². The van der Waals surface area contributed by atoms with E-state index in [9.17, 15) is 20.2 Å². The van der Waals surface area contributed by atoms with Crippen LogP contribution in [0, 0.1) is 28.4 Å². The Morgan fingerprint density at radius 2 is 1.96 bits per heavy atom. The predicted molar refractivity (Wildman–Crippen MR) is 102 cm³/mol. The van der Waals surface area contributed by atoms with Crippen LogP contribution in [0.4, 0.5) is 5.69 Å². The molecule has 0 unspecified atom stereocenters. The van der Waals surface area contributed by atoms with Crippen molar-refractivity contribution >= 4 is 29.1 Å². The van der Waals surface area contributed by atoms with Gasteiger partial charge in [-0.3, -0.25) is 14.9 Å². The fraction of sp³-hybridized carbons (Fsp3) is 0.0556. The number of hydrogen-bond acceptors (Lipinski definition) is 6. The average molecular weight is 399 g/mol. The summed E-state index contributed by atoms with van der Waals surface area (Å²) in [4.78, 5) is 23.9. The topological polar surface area (TPSA) is 102 Å². The molecule has 0 amide bonds. The van der Waals surface area contributed by atoms with Crippen molar-refractivity contribution in [2.24, 2.45) is 0 Å². The minimum absolute atomic E-state index is 0.0621. The Morgan fingerprint density at radius 1 is 1.26 bits per heavy atom. The van der Waals surface area contributed by atoms with Crippen LogP contribution in [0.3, 0.4) is 0 Å². The summed E-state index contributed by atoms with van der Waals surface area (Å²) in [5.41, 5.74) is -0.205. The van der Waals surface area contributed by atoms with Crippen LogP contribution < -0.4 is 5.56 Å². The number of nitrogens with zero attached hydrogens (tertiary/aromatic N) is 4.